The van der Waals surface area contributed by atoms with Crippen molar-refractivity contribution in [3.8, 4) is 0 Å². The van der Waals surface area contributed by atoms with Crippen LogP contribution in [0.5, 0.6) is 0 Å². The molecule has 1 amide bonds. The van der Waals surface area contributed by atoms with Crippen LogP contribution < -0.4 is 10.7 Å². The molecule has 0 atom stereocenters. The van der Waals surface area contributed by atoms with Gasteiger partial charge in [-0.25, -0.2) is 4.98 Å². The number of benzene rings is 2. The molecule has 0 spiro atoms. The Morgan fingerprint density at radius 2 is 1.96 bits per heavy atom. The van der Waals surface area contributed by atoms with E-state index < -0.39 is 0 Å². The van der Waals surface area contributed by atoms with Crippen molar-refractivity contribution in [2.24, 2.45) is 0 Å². The van der Waals surface area contributed by atoms with E-state index in [-0.39, 0.29) is 23.3 Å². The number of fused-ring (bicyclic) bond motifs is 2. The fraction of sp³-hybridized carbons (Fsp3) is 0.238. The van der Waals surface area contributed by atoms with E-state index in [0.717, 1.165) is 0 Å². The molecule has 0 saturated heterocycles. The lowest BCUT2D eigenvalue weighted by Crippen LogP contribution is -2.22. The van der Waals surface area contributed by atoms with Crippen LogP contribution in [0.3, 0.4) is 0 Å². The van der Waals surface area contributed by atoms with E-state index in [4.69, 9.17) is 4.42 Å². The van der Waals surface area contributed by atoms with Gasteiger partial charge in [-0.15, -0.1) is 0 Å². The number of anilines is 1. The van der Waals surface area contributed by atoms with Crippen molar-refractivity contribution < 1.29 is 9.21 Å². The van der Waals surface area contributed by atoms with Crippen LogP contribution in [0.15, 0.2) is 57.9 Å². The average molecular weight is 376 g/mol. The summed E-state index contributed by atoms with van der Waals surface area (Å²) in [4.78, 5) is 28.9. The Kier molecular flexibility index (Phi) is 4.22. The van der Waals surface area contributed by atoms with Crippen LogP contribution in [-0.2, 0) is 16.8 Å². The first-order valence-electron chi connectivity index (χ1n) is 8.97. The highest BCUT2D eigenvalue weighted by molar-refractivity contribution is 5.93. The number of oxazole rings is 1. The summed E-state index contributed by atoms with van der Waals surface area (Å²) in [5.74, 6) is 0.398. The first kappa shape index (κ1) is 17.9. The molecule has 0 bridgehead atoms. The van der Waals surface area contributed by atoms with E-state index in [9.17, 15) is 9.59 Å². The van der Waals surface area contributed by atoms with E-state index in [1.54, 1.807) is 36.4 Å². The van der Waals surface area contributed by atoms with Crippen LogP contribution >= 0.6 is 0 Å². The van der Waals surface area contributed by atoms with E-state index in [2.05, 4.69) is 15.4 Å². The zero-order valence-corrected chi connectivity index (χ0v) is 15.9. The number of carbonyl (C=O) groups is 1. The van der Waals surface area contributed by atoms with Gasteiger partial charge in [-0.05, 0) is 30.3 Å². The predicted octanol–water partition coefficient (Wildman–Crippen LogP) is 3.47. The summed E-state index contributed by atoms with van der Waals surface area (Å²) in [6.45, 7) is 6.08. The average Bonchev–Trinajstić information content (AvgIpc) is 3.08. The summed E-state index contributed by atoms with van der Waals surface area (Å²) in [7, 11) is 0. The zero-order chi connectivity index (χ0) is 19.9. The highest BCUT2D eigenvalue weighted by Gasteiger charge is 2.21. The Labute approximate surface area is 161 Å². The maximum Gasteiger partial charge on any atom is 0.246 e. The Balaban J connectivity index is 1.57. The molecule has 0 fully saturated rings. The molecule has 0 aliphatic carbocycles. The third-order valence-corrected chi connectivity index (χ3v) is 4.37. The number of rotatable bonds is 3. The van der Waals surface area contributed by atoms with Gasteiger partial charge in [0.2, 0.25) is 17.2 Å². The number of nitrogens with zero attached hydrogens (tertiary/aromatic N) is 3. The molecule has 2 aromatic carbocycles. The number of aromatic nitrogens is 3. The number of hydrogen-bond acceptors (Lipinski definition) is 5. The highest BCUT2D eigenvalue weighted by atomic mass is 16.3. The summed E-state index contributed by atoms with van der Waals surface area (Å²) in [6.07, 6.45) is 1.23. The second-order valence-electron chi connectivity index (χ2n) is 7.68. The molecule has 0 unspecified atom stereocenters. The lowest BCUT2D eigenvalue weighted by molar-refractivity contribution is -0.116. The van der Waals surface area contributed by atoms with E-state index >= 15 is 0 Å². The van der Waals surface area contributed by atoms with E-state index in [1.165, 1.54) is 10.9 Å². The van der Waals surface area contributed by atoms with Crippen molar-refractivity contribution in [2.45, 2.75) is 32.7 Å². The fourth-order valence-electron chi connectivity index (χ4n) is 2.95. The SMILES string of the molecule is CC(C)(C)c1nc2cc(NC(=O)Cn3ncc(=O)c4ccccc43)ccc2o1. The molecule has 2 heterocycles. The van der Waals surface area contributed by atoms with Gasteiger partial charge in [-0.3, -0.25) is 14.3 Å². The van der Waals surface area contributed by atoms with Gasteiger partial charge in [-0.2, -0.15) is 5.10 Å². The number of para-hydroxylation sites is 1. The van der Waals surface area contributed by atoms with Gasteiger partial charge in [0.1, 0.15) is 12.1 Å². The quantitative estimate of drug-likeness (QED) is 0.591. The first-order valence-corrected chi connectivity index (χ1v) is 8.97. The minimum atomic E-state index is -0.250. The molecule has 0 aliphatic heterocycles. The topological polar surface area (TPSA) is 90.0 Å². The summed E-state index contributed by atoms with van der Waals surface area (Å²) >= 11 is 0. The van der Waals surface area contributed by atoms with Crippen LogP contribution in [0.4, 0.5) is 5.69 Å². The molecule has 0 aliphatic rings. The van der Waals surface area contributed by atoms with Crippen molar-refractivity contribution in [1.82, 2.24) is 14.8 Å². The standard InChI is InChI=1S/C21H20N4O3/c1-21(2,3)20-24-15-10-13(8-9-18(15)28-20)23-19(27)12-25-16-7-5-4-6-14(16)17(26)11-22-25/h4-11H,12H2,1-3H3,(H,23,27). The normalized spacial score (nSPS) is 11.8. The molecule has 7 nitrogen and oxygen atoms in total. The smallest absolute Gasteiger partial charge is 0.246 e. The van der Waals surface area contributed by atoms with Gasteiger partial charge < -0.3 is 9.73 Å². The van der Waals surface area contributed by atoms with Crippen molar-refractivity contribution in [3.05, 3.63) is 64.8 Å². The predicted molar refractivity (Wildman–Crippen MR) is 107 cm³/mol. The molecule has 2 aromatic heterocycles. The molecular formula is C21H20N4O3. The molecular weight excluding hydrogens is 356 g/mol. The summed E-state index contributed by atoms with van der Waals surface area (Å²) in [5, 5.41) is 7.47. The van der Waals surface area contributed by atoms with E-state index in [1.807, 2.05) is 26.8 Å². The van der Waals surface area contributed by atoms with Crippen LogP contribution in [0.1, 0.15) is 26.7 Å². The molecule has 0 radical (unpaired) electrons. The van der Waals surface area contributed by atoms with Gasteiger partial charge in [-0.1, -0.05) is 32.9 Å². The van der Waals surface area contributed by atoms with E-state index in [0.29, 0.717) is 33.6 Å². The molecule has 142 valence electrons. The zero-order valence-electron chi connectivity index (χ0n) is 15.9. The molecule has 4 rings (SSSR count). The Morgan fingerprint density at radius 3 is 2.75 bits per heavy atom. The Bertz CT molecular complexity index is 1250. The molecule has 4 aromatic rings. The number of nitrogens with one attached hydrogen (secondary N) is 1. The maximum absolute atomic E-state index is 12.5. The van der Waals surface area contributed by atoms with Crippen molar-refractivity contribution in [1.29, 1.82) is 0 Å². The second kappa shape index (κ2) is 6.60. The van der Waals surface area contributed by atoms with Crippen LogP contribution in [0, 0.1) is 0 Å². The maximum atomic E-state index is 12.5. The Hall–Kier alpha value is -3.48. The van der Waals surface area contributed by atoms with Gasteiger partial charge in [0.05, 0.1) is 11.7 Å². The summed E-state index contributed by atoms with van der Waals surface area (Å²) in [6, 6.07) is 12.4. The highest BCUT2D eigenvalue weighted by Crippen LogP contribution is 2.27. The lowest BCUT2D eigenvalue weighted by atomic mass is 9.97. The number of carbonyl (C=O) groups excluding carboxylic acids is 1. The lowest BCUT2D eigenvalue weighted by Gasteiger charge is -2.11. The van der Waals surface area contributed by atoms with Gasteiger partial charge in [0.15, 0.2) is 5.58 Å². The molecule has 28 heavy (non-hydrogen) atoms. The largest absolute Gasteiger partial charge is 0.440 e. The molecule has 0 saturated carbocycles. The van der Waals surface area contributed by atoms with Crippen LogP contribution in [0.25, 0.3) is 22.0 Å². The minimum absolute atomic E-state index is 0.00904. The van der Waals surface area contributed by atoms with Crippen molar-refractivity contribution in [3.63, 3.8) is 0 Å². The molecule has 7 heteroatoms. The van der Waals surface area contributed by atoms with Gasteiger partial charge >= 0.3 is 0 Å². The Morgan fingerprint density at radius 1 is 1.18 bits per heavy atom. The number of hydrogen-bond donors (Lipinski definition) is 1. The third kappa shape index (κ3) is 3.38. The first-order chi connectivity index (χ1) is 13.3. The van der Waals surface area contributed by atoms with Crippen LogP contribution in [-0.4, -0.2) is 20.7 Å². The monoisotopic (exact) mass is 376 g/mol. The third-order valence-electron chi connectivity index (χ3n) is 4.37. The van der Waals surface area contributed by atoms with Crippen molar-refractivity contribution in [2.75, 3.05) is 5.32 Å². The summed E-state index contributed by atoms with van der Waals surface area (Å²) in [5.41, 5.74) is 2.24. The van der Waals surface area contributed by atoms with Gasteiger partial charge in [0, 0.05) is 16.5 Å². The van der Waals surface area contributed by atoms with Gasteiger partial charge in [0.25, 0.3) is 0 Å². The molecule has 1 N–H and O–H groups in total. The minimum Gasteiger partial charge on any atom is -0.440 e. The summed E-state index contributed by atoms with van der Waals surface area (Å²) < 4.78 is 7.29. The second-order valence-corrected chi connectivity index (χ2v) is 7.68. The fourth-order valence-corrected chi connectivity index (χ4v) is 2.95. The van der Waals surface area contributed by atoms with Crippen molar-refractivity contribution >= 4 is 33.6 Å². The number of amides is 1. The van der Waals surface area contributed by atoms with Crippen LogP contribution in [0.2, 0.25) is 0 Å².